The van der Waals surface area contributed by atoms with Gasteiger partial charge in [-0.2, -0.15) is 0 Å². The van der Waals surface area contributed by atoms with Crippen molar-refractivity contribution >= 4 is 65.9 Å². The summed E-state index contributed by atoms with van der Waals surface area (Å²) >= 11 is 6.62. The normalized spacial score (nSPS) is 9.63. The zero-order valence-electron chi connectivity index (χ0n) is 18.8. The number of fused-ring (bicyclic) bond motifs is 2. The van der Waals surface area contributed by atoms with Gasteiger partial charge in [0.2, 0.25) is 0 Å². The summed E-state index contributed by atoms with van der Waals surface area (Å²) in [4.78, 5) is 39.4. The van der Waals surface area contributed by atoms with E-state index < -0.39 is 11.9 Å². The fourth-order valence-corrected chi connectivity index (χ4v) is 3.89. The summed E-state index contributed by atoms with van der Waals surface area (Å²) in [6.45, 7) is 5.84. The standard InChI is InChI=1S/C12H11BrN2O2.C10H7BrN2O2.CH4.Na.H2O/c1-3-17-12(16)8-6-14-9-5-4-7(2)15-11(9)10(8)13;1-5-2-3-7-9(13-5)8(11)6(4-12-7)10(14)15;;;/h4-6H,3H2,1-2H3;2-4H,1H3,(H,14,15);1H4;;1H2/q;;;+1;/p-1. The molecule has 0 saturated carbocycles. The molecule has 0 fully saturated rings. The maximum atomic E-state index is 11.7. The molecule has 4 rings (SSSR count). The van der Waals surface area contributed by atoms with Crippen molar-refractivity contribution in [1.82, 2.24) is 19.9 Å². The molecule has 0 amide bonds. The Bertz CT molecular complexity index is 1350. The van der Waals surface area contributed by atoms with E-state index in [9.17, 15) is 9.59 Å². The van der Waals surface area contributed by atoms with E-state index >= 15 is 0 Å². The van der Waals surface area contributed by atoms with Gasteiger partial charge in [-0.25, -0.2) is 9.59 Å². The molecule has 0 aromatic carbocycles. The van der Waals surface area contributed by atoms with Gasteiger partial charge in [-0.15, -0.1) is 0 Å². The number of aromatic carboxylic acids is 1. The van der Waals surface area contributed by atoms with Crippen LogP contribution in [0.4, 0.5) is 0 Å². The average Bonchev–Trinajstić information content (AvgIpc) is 2.75. The van der Waals surface area contributed by atoms with Crippen LogP contribution in [0.5, 0.6) is 0 Å². The minimum Gasteiger partial charge on any atom is -0.870 e. The SMILES string of the molecule is C.CCOC(=O)c1cnc2ccc(C)nc2c1Br.Cc1ccc2ncc(C(=O)O)c(Br)c2n1.[Na+].[OH-]. The predicted octanol–water partition coefficient (Wildman–Crippen LogP) is 2.74. The fraction of sp³-hybridized carbons (Fsp3) is 0.217. The monoisotopic (exact) mass is 616 g/mol. The molecular formula is C23H23Br2N4NaO5. The second kappa shape index (κ2) is 14.5. The zero-order valence-corrected chi connectivity index (χ0v) is 24.0. The average molecular weight is 618 g/mol. The van der Waals surface area contributed by atoms with Crippen molar-refractivity contribution in [3.8, 4) is 0 Å². The van der Waals surface area contributed by atoms with Crippen LogP contribution in [-0.4, -0.2) is 49.1 Å². The number of halogens is 2. The molecular weight excluding hydrogens is 595 g/mol. The summed E-state index contributed by atoms with van der Waals surface area (Å²) in [5.74, 6) is -1.41. The fourth-order valence-electron chi connectivity index (χ4n) is 2.77. The number of aryl methyl sites for hydroxylation is 2. The summed E-state index contributed by atoms with van der Waals surface area (Å²) in [6.07, 6.45) is 2.83. The molecule has 4 heterocycles. The molecule has 0 aliphatic carbocycles. The Balaban J connectivity index is 0.000000612. The third-order valence-electron chi connectivity index (χ3n) is 4.31. The first-order valence-electron chi connectivity index (χ1n) is 9.47. The molecule has 180 valence electrons. The van der Waals surface area contributed by atoms with Gasteiger partial charge in [-0.1, -0.05) is 7.43 Å². The summed E-state index contributed by atoms with van der Waals surface area (Å²) in [5, 5.41) is 8.90. The topological polar surface area (TPSA) is 145 Å². The largest absolute Gasteiger partial charge is 1.00 e. The number of rotatable bonds is 3. The number of pyridine rings is 4. The van der Waals surface area contributed by atoms with Gasteiger partial charge in [0.15, 0.2) is 0 Å². The van der Waals surface area contributed by atoms with E-state index in [1.807, 2.05) is 38.1 Å². The van der Waals surface area contributed by atoms with Gasteiger partial charge in [0.25, 0.3) is 0 Å². The Kier molecular flexibility index (Phi) is 13.7. The van der Waals surface area contributed by atoms with Gasteiger partial charge in [-0.05, 0) is 76.9 Å². The van der Waals surface area contributed by atoms with Crippen LogP contribution in [0.1, 0.15) is 46.5 Å². The van der Waals surface area contributed by atoms with Crippen LogP contribution in [0.2, 0.25) is 0 Å². The van der Waals surface area contributed by atoms with Crippen molar-refractivity contribution in [1.29, 1.82) is 0 Å². The second-order valence-corrected chi connectivity index (χ2v) is 8.22. The Morgan fingerprint density at radius 1 is 0.886 bits per heavy atom. The minimum atomic E-state index is -1.01. The van der Waals surface area contributed by atoms with Crippen molar-refractivity contribution in [2.75, 3.05) is 6.61 Å². The van der Waals surface area contributed by atoms with E-state index in [0.717, 1.165) is 16.9 Å². The molecule has 2 N–H and O–H groups in total. The molecule has 0 saturated heterocycles. The van der Waals surface area contributed by atoms with Gasteiger partial charge >= 0.3 is 41.5 Å². The number of carboxylic acid groups (broad SMARTS) is 1. The summed E-state index contributed by atoms with van der Waals surface area (Å²) < 4.78 is 6.06. The first-order valence-corrected chi connectivity index (χ1v) is 11.1. The smallest absolute Gasteiger partial charge is 0.870 e. The first-order chi connectivity index (χ1) is 15.2. The first kappa shape index (κ1) is 33.0. The number of esters is 1. The maximum Gasteiger partial charge on any atom is 1.00 e. The second-order valence-electron chi connectivity index (χ2n) is 6.64. The molecule has 4 aromatic rings. The molecule has 0 aliphatic heterocycles. The van der Waals surface area contributed by atoms with E-state index in [4.69, 9.17) is 9.84 Å². The zero-order chi connectivity index (χ0) is 23.4. The Morgan fingerprint density at radius 2 is 1.31 bits per heavy atom. The molecule has 0 spiro atoms. The maximum absolute atomic E-state index is 11.7. The Hall–Kier alpha value is -2.02. The summed E-state index contributed by atoms with van der Waals surface area (Å²) in [5.41, 5.74) is 4.91. The molecule has 4 aromatic heterocycles. The van der Waals surface area contributed by atoms with Gasteiger partial charge in [-0.3, -0.25) is 19.9 Å². The van der Waals surface area contributed by atoms with Gasteiger partial charge < -0.3 is 15.3 Å². The van der Waals surface area contributed by atoms with Crippen molar-refractivity contribution in [3.05, 3.63) is 68.1 Å². The van der Waals surface area contributed by atoms with Crippen LogP contribution in [0, 0.1) is 13.8 Å². The predicted molar refractivity (Wildman–Crippen MR) is 136 cm³/mol. The van der Waals surface area contributed by atoms with E-state index in [-0.39, 0.29) is 48.0 Å². The van der Waals surface area contributed by atoms with Crippen LogP contribution < -0.4 is 29.6 Å². The van der Waals surface area contributed by atoms with E-state index in [2.05, 4.69) is 51.8 Å². The Morgan fingerprint density at radius 3 is 1.74 bits per heavy atom. The molecule has 0 atom stereocenters. The number of carbonyl (C=O) groups is 2. The molecule has 12 heteroatoms. The van der Waals surface area contributed by atoms with Gasteiger partial charge in [0.05, 0.1) is 37.7 Å². The third kappa shape index (κ3) is 7.73. The number of carbonyl (C=O) groups excluding carboxylic acids is 1. The van der Waals surface area contributed by atoms with Crippen LogP contribution in [-0.2, 0) is 4.74 Å². The number of hydrogen-bond acceptors (Lipinski definition) is 8. The van der Waals surface area contributed by atoms with E-state index in [0.29, 0.717) is 37.7 Å². The molecule has 0 unspecified atom stereocenters. The minimum absolute atomic E-state index is 0. The van der Waals surface area contributed by atoms with Crippen molar-refractivity contribution in [2.24, 2.45) is 0 Å². The van der Waals surface area contributed by atoms with Crippen LogP contribution in [0.15, 0.2) is 45.6 Å². The third-order valence-corrected chi connectivity index (χ3v) is 5.91. The van der Waals surface area contributed by atoms with E-state index in [1.54, 1.807) is 6.92 Å². The van der Waals surface area contributed by atoms with Crippen LogP contribution in [0.3, 0.4) is 0 Å². The van der Waals surface area contributed by atoms with Crippen LogP contribution in [0.25, 0.3) is 22.1 Å². The van der Waals surface area contributed by atoms with Crippen molar-refractivity contribution < 1.29 is 54.5 Å². The quantitative estimate of drug-likeness (QED) is 0.271. The summed E-state index contributed by atoms with van der Waals surface area (Å²) in [7, 11) is 0. The van der Waals surface area contributed by atoms with Crippen molar-refractivity contribution in [3.63, 3.8) is 0 Å². The Labute approximate surface area is 241 Å². The van der Waals surface area contributed by atoms with E-state index in [1.165, 1.54) is 12.4 Å². The van der Waals surface area contributed by atoms with Gasteiger partial charge in [0.1, 0.15) is 11.0 Å². The molecule has 0 bridgehead atoms. The number of aromatic nitrogens is 4. The number of hydrogen-bond donors (Lipinski definition) is 1. The summed E-state index contributed by atoms with van der Waals surface area (Å²) in [6, 6.07) is 7.40. The molecule has 0 aliphatic rings. The molecule has 0 radical (unpaired) electrons. The number of carboxylic acids is 1. The molecule has 35 heavy (non-hydrogen) atoms. The van der Waals surface area contributed by atoms with Gasteiger partial charge in [0, 0.05) is 23.8 Å². The van der Waals surface area contributed by atoms with Crippen molar-refractivity contribution in [2.45, 2.75) is 28.2 Å². The van der Waals surface area contributed by atoms with Crippen LogP contribution >= 0.6 is 31.9 Å². The number of ether oxygens (including phenoxy) is 1. The number of nitrogens with zero attached hydrogens (tertiary/aromatic N) is 4. The molecule has 9 nitrogen and oxygen atoms in total.